The second-order valence-electron chi connectivity index (χ2n) is 2.87. The molecule has 2 rings (SSSR count). The molecule has 1 aliphatic heterocycles. The third kappa shape index (κ3) is 1.40. The molecule has 1 unspecified atom stereocenters. The molecule has 0 fully saturated rings. The number of hydrogen-bond donors (Lipinski definition) is 1. The van der Waals surface area contributed by atoms with E-state index in [-0.39, 0.29) is 6.79 Å². The molecule has 3 nitrogen and oxygen atoms in total. The molecule has 0 saturated carbocycles. The summed E-state index contributed by atoms with van der Waals surface area (Å²) in [5, 5.41) is 9.50. The Balaban J connectivity index is 2.58. The lowest BCUT2D eigenvalue weighted by molar-refractivity contribution is 0.164. The zero-order chi connectivity index (χ0) is 9.42. The molecule has 0 amide bonds. The molecule has 0 bridgehead atoms. The highest BCUT2D eigenvalue weighted by atomic mass is 79.9. The van der Waals surface area contributed by atoms with Gasteiger partial charge in [-0.25, -0.2) is 0 Å². The lowest BCUT2D eigenvalue weighted by Crippen LogP contribution is -1.97. The molecule has 1 aromatic rings. The molecule has 0 aliphatic carbocycles. The molecule has 1 aliphatic rings. The zero-order valence-electron chi connectivity index (χ0n) is 7.08. The maximum absolute atomic E-state index is 9.50. The van der Waals surface area contributed by atoms with Crippen molar-refractivity contribution in [1.82, 2.24) is 0 Å². The molecule has 4 heteroatoms. The van der Waals surface area contributed by atoms with Crippen molar-refractivity contribution in [3.63, 3.8) is 0 Å². The van der Waals surface area contributed by atoms with Gasteiger partial charge in [0, 0.05) is 10.0 Å². The highest BCUT2D eigenvalue weighted by Gasteiger charge is 2.22. The van der Waals surface area contributed by atoms with Gasteiger partial charge in [-0.3, -0.25) is 0 Å². The van der Waals surface area contributed by atoms with Crippen molar-refractivity contribution in [2.24, 2.45) is 0 Å². The van der Waals surface area contributed by atoms with Gasteiger partial charge < -0.3 is 14.6 Å². The van der Waals surface area contributed by atoms with E-state index in [1.807, 2.05) is 12.1 Å². The SMILES string of the molecule is CC(O)c1c(Br)ccc2c1OCO2. The van der Waals surface area contributed by atoms with Gasteiger partial charge in [0.25, 0.3) is 0 Å². The van der Waals surface area contributed by atoms with Crippen LogP contribution >= 0.6 is 15.9 Å². The zero-order valence-corrected chi connectivity index (χ0v) is 8.67. The lowest BCUT2D eigenvalue weighted by Gasteiger charge is -2.10. The minimum absolute atomic E-state index is 0.228. The van der Waals surface area contributed by atoms with Crippen LogP contribution in [-0.4, -0.2) is 11.9 Å². The smallest absolute Gasteiger partial charge is 0.231 e. The Labute approximate surface area is 84.4 Å². The van der Waals surface area contributed by atoms with Crippen LogP contribution in [0.2, 0.25) is 0 Å². The highest BCUT2D eigenvalue weighted by Crippen LogP contribution is 2.42. The van der Waals surface area contributed by atoms with Crippen molar-refractivity contribution in [2.45, 2.75) is 13.0 Å². The molecule has 0 spiro atoms. The fourth-order valence-electron chi connectivity index (χ4n) is 1.36. The van der Waals surface area contributed by atoms with Gasteiger partial charge in [-0.2, -0.15) is 0 Å². The van der Waals surface area contributed by atoms with Gasteiger partial charge in [0.15, 0.2) is 11.5 Å². The van der Waals surface area contributed by atoms with Crippen LogP contribution in [0.3, 0.4) is 0 Å². The maximum Gasteiger partial charge on any atom is 0.231 e. The average molecular weight is 245 g/mol. The Morgan fingerprint density at radius 2 is 2.23 bits per heavy atom. The van der Waals surface area contributed by atoms with E-state index < -0.39 is 6.10 Å². The standard InChI is InChI=1S/C9H9BrO3/c1-5(11)8-6(10)2-3-7-9(8)13-4-12-7/h2-3,5,11H,4H2,1H3. The fraction of sp³-hybridized carbons (Fsp3) is 0.333. The van der Waals surface area contributed by atoms with Crippen molar-refractivity contribution in [2.75, 3.05) is 6.79 Å². The predicted octanol–water partition coefficient (Wildman–Crippen LogP) is 2.23. The summed E-state index contributed by atoms with van der Waals surface area (Å²) < 4.78 is 11.3. The molecule has 1 heterocycles. The van der Waals surface area contributed by atoms with E-state index in [9.17, 15) is 5.11 Å². The van der Waals surface area contributed by atoms with Gasteiger partial charge in [0.2, 0.25) is 6.79 Å². The van der Waals surface area contributed by atoms with Crippen LogP contribution in [0, 0.1) is 0 Å². The molecule has 0 aromatic heterocycles. The molecular formula is C9H9BrO3. The van der Waals surface area contributed by atoms with Crippen LogP contribution in [0.1, 0.15) is 18.6 Å². The van der Waals surface area contributed by atoms with Gasteiger partial charge in [0.05, 0.1) is 6.10 Å². The number of halogens is 1. The molecular weight excluding hydrogens is 236 g/mol. The van der Waals surface area contributed by atoms with Gasteiger partial charge >= 0.3 is 0 Å². The lowest BCUT2D eigenvalue weighted by atomic mass is 10.1. The van der Waals surface area contributed by atoms with Crippen LogP contribution in [0.5, 0.6) is 11.5 Å². The third-order valence-electron chi connectivity index (χ3n) is 1.94. The number of ether oxygens (including phenoxy) is 2. The van der Waals surface area contributed by atoms with E-state index in [2.05, 4.69) is 15.9 Å². The number of aliphatic hydroxyl groups is 1. The van der Waals surface area contributed by atoms with Crippen molar-refractivity contribution in [3.8, 4) is 11.5 Å². The minimum Gasteiger partial charge on any atom is -0.454 e. The molecule has 1 atom stereocenters. The number of benzene rings is 1. The Bertz CT molecular complexity index is 336. The molecule has 1 aromatic carbocycles. The van der Waals surface area contributed by atoms with E-state index >= 15 is 0 Å². The van der Waals surface area contributed by atoms with Crippen molar-refractivity contribution >= 4 is 15.9 Å². The first kappa shape index (κ1) is 8.84. The van der Waals surface area contributed by atoms with Crippen molar-refractivity contribution in [1.29, 1.82) is 0 Å². The van der Waals surface area contributed by atoms with Gasteiger partial charge in [-0.05, 0) is 19.1 Å². The molecule has 0 radical (unpaired) electrons. The highest BCUT2D eigenvalue weighted by molar-refractivity contribution is 9.10. The topological polar surface area (TPSA) is 38.7 Å². The Hall–Kier alpha value is -0.740. The monoisotopic (exact) mass is 244 g/mol. The Morgan fingerprint density at radius 3 is 2.92 bits per heavy atom. The van der Waals surface area contributed by atoms with E-state index in [0.717, 1.165) is 10.0 Å². The minimum atomic E-state index is -0.564. The largest absolute Gasteiger partial charge is 0.454 e. The summed E-state index contributed by atoms with van der Waals surface area (Å²) in [6, 6.07) is 3.66. The van der Waals surface area contributed by atoms with Crippen LogP contribution in [0.4, 0.5) is 0 Å². The second kappa shape index (κ2) is 3.20. The first-order valence-corrected chi connectivity index (χ1v) is 4.75. The summed E-state index contributed by atoms with van der Waals surface area (Å²) in [5.41, 5.74) is 0.745. The normalized spacial score (nSPS) is 15.9. The number of fused-ring (bicyclic) bond motifs is 1. The van der Waals surface area contributed by atoms with Crippen LogP contribution in [0.25, 0.3) is 0 Å². The number of hydrogen-bond acceptors (Lipinski definition) is 3. The Kier molecular flexibility index (Phi) is 2.17. The van der Waals surface area contributed by atoms with Crippen LogP contribution in [0.15, 0.2) is 16.6 Å². The summed E-state index contributed by atoms with van der Waals surface area (Å²) in [5.74, 6) is 1.34. The molecule has 70 valence electrons. The van der Waals surface area contributed by atoms with Crippen molar-refractivity contribution < 1.29 is 14.6 Å². The van der Waals surface area contributed by atoms with E-state index in [1.54, 1.807) is 6.92 Å². The quantitative estimate of drug-likeness (QED) is 0.824. The summed E-state index contributed by atoms with van der Waals surface area (Å²) in [4.78, 5) is 0. The first-order valence-electron chi connectivity index (χ1n) is 3.96. The summed E-state index contributed by atoms with van der Waals surface area (Å²) in [7, 11) is 0. The van der Waals surface area contributed by atoms with Crippen LogP contribution in [-0.2, 0) is 0 Å². The van der Waals surface area contributed by atoms with Crippen LogP contribution < -0.4 is 9.47 Å². The molecule has 1 N–H and O–H groups in total. The van der Waals surface area contributed by atoms with Gasteiger partial charge in [0.1, 0.15) is 0 Å². The van der Waals surface area contributed by atoms with E-state index in [1.165, 1.54) is 0 Å². The summed E-state index contributed by atoms with van der Waals surface area (Å²) in [6.45, 7) is 1.92. The van der Waals surface area contributed by atoms with Gasteiger partial charge in [-0.15, -0.1) is 0 Å². The number of aliphatic hydroxyl groups excluding tert-OH is 1. The summed E-state index contributed by atoms with van der Waals surface area (Å²) >= 11 is 3.35. The average Bonchev–Trinajstić information content (AvgIpc) is 2.50. The van der Waals surface area contributed by atoms with Crippen molar-refractivity contribution in [3.05, 3.63) is 22.2 Å². The van der Waals surface area contributed by atoms with Gasteiger partial charge in [-0.1, -0.05) is 15.9 Å². The maximum atomic E-state index is 9.50. The van der Waals surface area contributed by atoms with E-state index in [0.29, 0.717) is 11.5 Å². The molecule has 13 heavy (non-hydrogen) atoms. The number of rotatable bonds is 1. The molecule has 0 saturated heterocycles. The first-order chi connectivity index (χ1) is 6.20. The van der Waals surface area contributed by atoms with E-state index in [4.69, 9.17) is 9.47 Å². The Morgan fingerprint density at radius 1 is 1.46 bits per heavy atom. The summed E-state index contributed by atoms with van der Waals surface area (Å²) in [6.07, 6.45) is -0.564. The fourth-order valence-corrected chi connectivity index (χ4v) is 2.00. The second-order valence-corrected chi connectivity index (χ2v) is 3.73. The third-order valence-corrected chi connectivity index (χ3v) is 2.63. The predicted molar refractivity (Wildman–Crippen MR) is 50.9 cm³/mol.